The van der Waals surface area contributed by atoms with E-state index in [1.165, 1.54) is 12.1 Å². The van der Waals surface area contributed by atoms with Gasteiger partial charge in [0.25, 0.3) is 5.91 Å². The fraction of sp³-hybridized carbons (Fsp3) is 0.148. The maximum atomic E-state index is 13.0. The molecule has 0 saturated heterocycles. The van der Waals surface area contributed by atoms with E-state index in [-0.39, 0.29) is 17.1 Å². The Morgan fingerprint density at radius 3 is 2.62 bits per heavy atom. The number of nitrogens with zero attached hydrogens (tertiary/aromatic N) is 1. The van der Waals surface area contributed by atoms with Gasteiger partial charge in [0, 0.05) is 22.9 Å². The normalized spacial score (nSPS) is 14.1. The summed E-state index contributed by atoms with van der Waals surface area (Å²) in [6, 6.07) is 19.5. The van der Waals surface area contributed by atoms with Gasteiger partial charge in [-0.15, -0.1) is 0 Å². The SMILES string of the molecule is Cc1c(C(=O)Oc2cccc3ccccc23)oc2c1/C(=N/NC(=O)c1ccccc1O)CCC2. The number of hydrazone groups is 1. The number of aromatic hydroxyl groups is 1. The van der Waals surface area contributed by atoms with Gasteiger partial charge in [0.1, 0.15) is 17.3 Å². The molecule has 1 aliphatic carbocycles. The highest BCUT2D eigenvalue weighted by molar-refractivity contribution is 6.07. The van der Waals surface area contributed by atoms with Gasteiger partial charge in [-0.2, -0.15) is 5.10 Å². The van der Waals surface area contributed by atoms with E-state index in [1.54, 1.807) is 25.1 Å². The number of ether oxygens (including phenoxy) is 1. The minimum absolute atomic E-state index is 0.123. The topological polar surface area (TPSA) is 101 Å². The van der Waals surface area contributed by atoms with E-state index in [0.29, 0.717) is 41.2 Å². The Bertz CT molecular complexity index is 1450. The molecule has 5 rings (SSSR count). The Labute approximate surface area is 195 Å². The molecule has 0 atom stereocenters. The molecule has 34 heavy (non-hydrogen) atoms. The Balaban J connectivity index is 1.42. The molecule has 0 saturated carbocycles. The van der Waals surface area contributed by atoms with Crippen molar-refractivity contribution in [1.82, 2.24) is 5.43 Å². The Kier molecular flexibility index (Phi) is 5.59. The van der Waals surface area contributed by atoms with Gasteiger partial charge in [-0.05, 0) is 43.4 Å². The van der Waals surface area contributed by atoms with Crippen molar-refractivity contribution in [2.45, 2.75) is 26.2 Å². The van der Waals surface area contributed by atoms with Gasteiger partial charge in [-0.3, -0.25) is 4.79 Å². The molecule has 1 heterocycles. The van der Waals surface area contributed by atoms with Crippen molar-refractivity contribution in [3.63, 3.8) is 0 Å². The van der Waals surface area contributed by atoms with Crippen LogP contribution in [0.25, 0.3) is 10.8 Å². The Morgan fingerprint density at radius 2 is 1.76 bits per heavy atom. The summed E-state index contributed by atoms with van der Waals surface area (Å²) in [5.41, 5.74) is 4.60. The first kappa shape index (κ1) is 21.5. The van der Waals surface area contributed by atoms with Gasteiger partial charge in [-0.1, -0.05) is 48.5 Å². The zero-order valence-corrected chi connectivity index (χ0v) is 18.5. The molecule has 0 radical (unpaired) electrons. The number of fused-ring (bicyclic) bond motifs is 2. The molecular weight excluding hydrogens is 432 g/mol. The highest BCUT2D eigenvalue weighted by atomic mass is 16.5. The number of rotatable bonds is 4. The summed E-state index contributed by atoms with van der Waals surface area (Å²) < 4.78 is 11.6. The van der Waals surface area contributed by atoms with Crippen LogP contribution in [0.5, 0.6) is 11.5 Å². The summed E-state index contributed by atoms with van der Waals surface area (Å²) in [5, 5.41) is 16.0. The maximum absolute atomic E-state index is 13.0. The molecule has 0 bridgehead atoms. The standard InChI is InChI=1S/C27H22N2O5/c1-16-24-20(28-29-26(31)19-11-4-5-13-21(19)30)12-7-15-23(24)33-25(16)27(32)34-22-14-6-9-17-8-2-3-10-18(17)22/h2-6,8-11,13-14,30H,7,12,15H2,1H3,(H,29,31)/b28-20+. The van der Waals surface area contributed by atoms with Crippen LogP contribution in [0.3, 0.4) is 0 Å². The van der Waals surface area contributed by atoms with Crippen LogP contribution in [0.4, 0.5) is 0 Å². The predicted molar refractivity (Wildman–Crippen MR) is 127 cm³/mol. The van der Waals surface area contributed by atoms with Crippen LogP contribution in [-0.4, -0.2) is 22.7 Å². The van der Waals surface area contributed by atoms with Gasteiger partial charge < -0.3 is 14.3 Å². The molecule has 2 N–H and O–H groups in total. The number of esters is 1. The summed E-state index contributed by atoms with van der Waals surface area (Å²) in [6.45, 7) is 1.79. The molecule has 1 amide bonds. The van der Waals surface area contributed by atoms with Crippen LogP contribution in [-0.2, 0) is 6.42 Å². The van der Waals surface area contributed by atoms with Crippen LogP contribution in [0, 0.1) is 6.92 Å². The number of para-hydroxylation sites is 1. The first-order valence-electron chi connectivity index (χ1n) is 11.0. The molecule has 7 heteroatoms. The molecular formula is C27H22N2O5. The van der Waals surface area contributed by atoms with Crippen LogP contribution >= 0.6 is 0 Å². The number of carbonyl (C=O) groups excluding carboxylic acids is 2. The number of benzene rings is 3. The quantitative estimate of drug-likeness (QED) is 0.253. The second-order valence-corrected chi connectivity index (χ2v) is 8.09. The van der Waals surface area contributed by atoms with Gasteiger partial charge in [0.2, 0.25) is 5.76 Å². The van der Waals surface area contributed by atoms with Crippen LogP contribution < -0.4 is 10.2 Å². The van der Waals surface area contributed by atoms with Crippen molar-refractivity contribution in [2.24, 2.45) is 5.10 Å². The van der Waals surface area contributed by atoms with E-state index in [9.17, 15) is 14.7 Å². The molecule has 0 spiro atoms. The van der Waals surface area contributed by atoms with E-state index in [1.807, 2.05) is 36.4 Å². The van der Waals surface area contributed by atoms with E-state index >= 15 is 0 Å². The van der Waals surface area contributed by atoms with Crippen LogP contribution in [0.1, 0.15) is 50.6 Å². The molecule has 170 valence electrons. The number of phenols is 1. The third-order valence-electron chi connectivity index (χ3n) is 5.90. The third kappa shape index (κ3) is 3.92. The Morgan fingerprint density at radius 1 is 1.00 bits per heavy atom. The zero-order chi connectivity index (χ0) is 23.7. The fourth-order valence-corrected chi connectivity index (χ4v) is 4.25. The first-order chi connectivity index (χ1) is 16.5. The van der Waals surface area contributed by atoms with Gasteiger partial charge >= 0.3 is 5.97 Å². The van der Waals surface area contributed by atoms with E-state index in [0.717, 1.165) is 17.2 Å². The van der Waals surface area contributed by atoms with Gasteiger partial charge in [-0.25, -0.2) is 10.2 Å². The fourth-order valence-electron chi connectivity index (χ4n) is 4.25. The largest absolute Gasteiger partial charge is 0.507 e. The molecule has 7 nitrogen and oxygen atoms in total. The molecule has 0 unspecified atom stereocenters. The third-order valence-corrected chi connectivity index (χ3v) is 5.90. The summed E-state index contributed by atoms with van der Waals surface area (Å²) in [6.07, 6.45) is 2.04. The molecule has 4 aromatic rings. The molecule has 1 aromatic heterocycles. The van der Waals surface area contributed by atoms with E-state index < -0.39 is 11.9 Å². The summed E-state index contributed by atoms with van der Waals surface area (Å²) >= 11 is 0. The summed E-state index contributed by atoms with van der Waals surface area (Å²) in [5.74, 6) is 0.00207. The number of hydrogen-bond donors (Lipinski definition) is 2. The number of carbonyl (C=O) groups is 2. The number of nitrogens with one attached hydrogen (secondary N) is 1. The van der Waals surface area contributed by atoms with E-state index in [2.05, 4.69) is 10.5 Å². The number of phenolic OH excluding ortho intramolecular Hbond substituents is 1. The van der Waals surface area contributed by atoms with Crippen molar-refractivity contribution in [3.05, 3.63) is 94.9 Å². The highest BCUT2D eigenvalue weighted by Gasteiger charge is 2.29. The highest BCUT2D eigenvalue weighted by Crippen LogP contribution is 2.32. The van der Waals surface area contributed by atoms with E-state index in [4.69, 9.17) is 9.15 Å². The summed E-state index contributed by atoms with van der Waals surface area (Å²) in [4.78, 5) is 25.5. The second-order valence-electron chi connectivity index (χ2n) is 8.09. The molecule has 3 aromatic carbocycles. The van der Waals surface area contributed by atoms with Crippen molar-refractivity contribution < 1.29 is 23.8 Å². The van der Waals surface area contributed by atoms with Crippen LogP contribution in [0.15, 0.2) is 76.2 Å². The minimum Gasteiger partial charge on any atom is -0.507 e. The smallest absolute Gasteiger partial charge is 0.379 e. The van der Waals surface area contributed by atoms with Crippen molar-refractivity contribution >= 4 is 28.4 Å². The molecule has 1 aliphatic rings. The van der Waals surface area contributed by atoms with Crippen molar-refractivity contribution in [1.29, 1.82) is 0 Å². The minimum atomic E-state index is -0.583. The lowest BCUT2D eigenvalue weighted by Crippen LogP contribution is -2.22. The van der Waals surface area contributed by atoms with Gasteiger partial charge in [0.15, 0.2) is 0 Å². The first-order valence-corrected chi connectivity index (χ1v) is 11.0. The number of amides is 1. The van der Waals surface area contributed by atoms with Crippen molar-refractivity contribution in [2.75, 3.05) is 0 Å². The predicted octanol–water partition coefficient (Wildman–Crippen LogP) is 5.14. The lowest BCUT2D eigenvalue weighted by atomic mass is 9.93. The molecule has 0 fully saturated rings. The monoisotopic (exact) mass is 454 g/mol. The summed E-state index contributed by atoms with van der Waals surface area (Å²) in [7, 11) is 0. The Hall–Kier alpha value is -4.39. The second kappa shape index (κ2) is 8.86. The average molecular weight is 454 g/mol. The van der Waals surface area contributed by atoms with Crippen molar-refractivity contribution in [3.8, 4) is 11.5 Å². The maximum Gasteiger partial charge on any atom is 0.379 e. The zero-order valence-electron chi connectivity index (χ0n) is 18.5. The lowest BCUT2D eigenvalue weighted by Gasteiger charge is -2.13. The number of furan rings is 1. The van der Waals surface area contributed by atoms with Crippen LogP contribution in [0.2, 0.25) is 0 Å². The molecule has 0 aliphatic heterocycles. The average Bonchev–Trinajstić information content (AvgIpc) is 3.20. The number of aryl methyl sites for hydroxylation is 1. The number of hydrogen-bond acceptors (Lipinski definition) is 6. The lowest BCUT2D eigenvalue weighted by molar-refractivity contribution is 0.0700. The van der Waals surface area contributed by atoms with Gasteiger partial charge in [0.05, 0.1) is 11.3 Å².